The van der Waals surface area contributed by atoms with Crippen molar-refractivity contribution in [2.24, 2.45) is 5.92 Å². The molecule has 3 amide bonds. The number of likely N-dealkylation sites (tertiary alicyclic amines) is 2. The van der Waals surface area contributed by atoms with Gasteiger partial charge in [-0.05, 0) is 69.1 Å². The van der Waals surface area contributed by atoms with Crippen molar-refractivity contribution in [3.8, 4) is 0 Å². The van der Waals surface area contributed by atoms with Crippen LogP contribution in [0.3, 0.4) is 0 Å². The van der Waals surface area contributed by atoms with Gasteiger partial charge in [-0.25, -0.2) is 0 Å². The lowest BCUT2D eigenvalue weighted by Gasteiger charge is -2.38. The van der Waals surface area contributed by atoms with Gasteiger partial charge in [0.05, 0.1) is 0 Å². The van der Waals surface area contributed by atoms with Crippen LogP contribution in [0.4, 0.5) is 0 Å². The van der Waals surface area contributed by atoms with E-state index < -0.39 is 6.04 Å². The summed E-state index contributed by atoms with van der Waals surface area (Å²) in [4.78, 5) is 43.3. The van der Waals surface area contributed by atoms with Gasteiger partial charge in [0.25, 0.3) is 5.91 Å². The molecule has 2 saturated heterocycles. The van der Waals surface area contributed by atoms with Crippen LogP contribution in [-0.4, -0.2) is 59.7 Å². The molecule has 0 bridgehead atoms. The maximum Gasteiger partial charge on any atom is 0.251 e. The van der Waals surface area contributed by atoms with Crippen molar-refractivity contribution in [3.05, 3.63) is 71.3 Å². The van der Waals surface area contributed by atoms with Crippen molar-refractivity contribution in [2.75, 3.05) is 26.2 Å². The van der Waals surface area contributed by atoms with Crippen LogP contribution in [0.5, 0.6) is 0 Å². The second kappa shape index (κ2) is 12.0. The summed E-state index contributed by atoms with van der Waals surface area (Å²) >= 11 is 0. The molecule has 0 aliphatic carbocycles. The van der Waals surface area contributed by atoms with Gasteiger partial charge in [0.15, 0.2) is 0 Å². The average Bonchev–Trinajstić information content (AvgIpc) is 2.91. The number of amides is 3. The molecule has 2 aliphatic rings. The number of carbonyl (C=O) groups excluding carboxylic acids is 3. The third-order valence-corrected chi connectivity index (χ3v) is 7.33. The Labute approximate surface area is 208 Å². The van der Waals surface area contributed by atoms with Crippen LogP contribution >= 0.6 is 0 Å². The first-order valence-electron chi connectivity index (χ1n) is 13.0. The van der Waals surface area contributed by atoms with Gasteiger partial charge in [-0.2, -0.15) is 0 Å². The third-order valence-electron chi connectivity index (χ3n) is 7.33. The lowest BCUT2D eigenvalue weighted by atomic mass is 9.87. The zero-order valence-electron chi connectivity index (χ0n) is 20.7. The first kappa shape index (κ1) is 25.0. The summed E-state index contributed by atoms with van der Waals surface area (Å²) in [7, 11) is 0. The quantitative estimate of drug-likeness (QED) is 0.659. The molecule has 1 N–H and O–H groups in total. The molecule has 0 spiro atoms. The number of rotatable bonds is 7. The molecule has 2 aromatic carbocycles. The standard InChI is InChI=1S/C29H37N3O3/c1-22-9-8-12-25(21-22)28(34)30-27(29(35)32-17-6-3-7-18-32)24-15-19-31(20-16-24)26(33)14-13-23-10-4-2-5-11-23/h2,4-5,8-12,21,24,27H,3,6-7,13-20H2,1H3,(H,30,34)/t27-/m0/s1. The molecular weight excluding hydrogens is 438 g/mol. The van der Waals surface area contributed by atoms with Gasteiger partial charge < -0.3 is 15.1 Å². The minimum atomic E-state index is -0.553. The highest BCUT2D eigenvalue weighted by Gasteiger charge is 2.36. The monoisotopic (exact) mass is 475 g/mol. The number of aryl methyl sites for hydroxylation is 2. The Bertz CT molecular complexity index is 1010. The number of carbonyl (C=O) groups is 3. The zero-order valence-corrected chi connectivity index (χ0v) is 20.7. The molecule has 2 aliphatic heterocycles. The van der Waals surface area contributed by atoms with E-state index in [0.29, 0.717) is 25.1 Å². The smallest absolute Gasteiger partial charge is 0.251 e. The molecule has 6 nitrogen and oxygen atoms in total. The minimum absolute atomic E-state index is 0.0244. The van der Waals surface area contributed by atoms with Gasteiger partial charge in [-0.15, -0.1) is 0 Å². The van der Waals surface area contributed by atoms with E-state index in [2.05, 4.69) is 5.32 Å². The number of hydrogen-bond donors (Lipinski definition) is 1. The lowest BCUT2D eigenvalue weighted by molar-refractivity contribution is -0.137. The summed E-state index contributed by atoms with van der Waals surface area (Å²) in [5.41, 5.74) is 2.76. The molecule has 186 valence electrons. The van der Waals surface area contributed by atoms with Crippen LogP contribution in [-0.2, 0) is 16.0 Å². The van der Waals surface area contributed by atoms with E-state index in [1.807, 2.05) is 65.3 Å². The Kier molecular flexibility index (Phi) is 8.56. The number of piperidine rings is 2. The van der Waals surface area contributed by atoms with E-state index in [9.17, 15) is 14.4 Å². The summed E-state index contributed by atoms with van der Waals surface area (Å²) in [5.74, 6) is 0.0105. The fourth-order valence-corrected chi connectivity index (χ4v) is 5.24. The van der Waals surface area contributed by atoms with Gasteiger partial charge in [0, 0.05) is 38.2 Å². The molecule has 2 heterocycles. The minimum Gasteiger partial charge on any atom is -0.343 e. The first-order chi connectivity index (χ1) is 17.0. The highest BCUT2D eigenvalue weighted by atomic mass is 16.2. The normalized spacial score (nSPS) is 17.6. The molecule has 0 radical (unpaired) electrons. The second-order valence-corrected chi connectivity index (χ2v) is 9.91. The summed E-state index contributed by atoms with van der Waals surface area (Å²) in [6.45, 7) is 4.72. The van der Waals surface area contributed by atoms with E-state index in [1.54, 1.807) is 6.07 Å². The van der Waals surface area contributed by atoms with Gasteiger partial charge in [-0.1, -0.05) is 48.0 Å². The van der Waals surface area contributed by atoms with Crippen LogP contribution in [0.2, 0.25) is 0 Å². The largest absolute Gasteiger partial charge is 0.343 e. The number of nitrogens with zero attached hydrogens (tertiary/aromatic N) is 2. The maximum atomic E-state index is 13.5. The number of benzene rings is 2. The SMILES string of the molecule is Cc1cccc(C(=O)N[C@H](C(=O)N2CCCCC2)C2CCN(C(=O)CCc3ccccc3)CC2)c1. The second-order valence-electron chi connectivity index (χ2n) is 9.91. The fourth-order valence-electron chi connectivity index (χ4n) is 5.24. The van der Waals surface area contributed by atoms with Crippen LogP contribution in [0.1, 0.15) is 60.0 Å². The summed E-state index contributed by atoms with van der Waals surface area (Å²) < 4.78 is 0. The Balaban J connectivity index is 1.39. The molecule has 6 heteroatoms. The molecule has 0 saturated carbocycles. The van der Waals surface area contributed by atoms with E-state index in [-0.39, 0.29) is 23.6 Å². The number of hydrogen-bond acceptors (Lipinski definition) is 3. The Hall–Kier alpha value is -3.15. The average molecular weight is 476 g/mol. The Morgan fingerprint density at radius 2 is 1.60 bits per heavy atom. The fraction of sp³-hybridized carbons (Fsp3) is 0.483. The topological polar surface area (TPSA) is 69.7 Å². The highest BCUT2D eigenvalue weighted by Crippen LogP contribution is 2.24. The van der Waals surface area contributed by atoms with Crippen molar-refractivity contribution >= 4 is 17.7 Å². The third kappa shape index (κ3) is 6.71. The van der Waals surface area contributed by atoms with Gasteiger partial charge in [-0.3, -0.25) is 14.4 Å². The van der Waals surface area contributed by atoms with E-state index >= 15 is 0 Å². The summed E-state index contributed by atoms with van der Waals surface area (Å²) in [6, 6.07) is 17.0. The van der Waals surface area contributed by atoms with Crippen molar-refractivity contribution in [1.29, 1.82) is 0 Å². The van der Waals surface area contributed by atoms with Crippen molar-refractivity contribution in [3.63, 3.8) is 0 Å². The van der Waals surface area contributed by atoms with Gasteiger partial charge in [0.2, 0.25) is 11.8 Å². The van der Waals surface area contributed by atoms with Crippen molar-refractivity contribution < 1.29 is 14.4 Å². The first-order valence-corrected chi connectivity index (χ1v) is 13.0. The van der Waals surface area contributed by atoms with Crippen molar-refractivity contribution in [1.82, 2.24) is 15.1 Å². The molecule has 2 aromatic rings. The van der Waals surface area contributed by atoms with E-state index in [1.165, 1.54) is 5.56 Å². The zero-order chi connectivity index (χ0) is 24.6. The van der Waals surface area contributed by atoms with Gasteiger partial charge >= 0.3 is 0 Å². The molecule has 35 heavy (non-hydrogen) atoms. The molecule has 0 aromatic heterocycles. The number of nitrogens with one attached hydrogen (secondary N) is 1. The highest BCUT2D eigenvalue weighted by molar-refractivity contribution is 5.97. The van der Waals surface area contributed by atoms with Crippen LogP contribution in [0, 0.1) is 12.8 Å². The van der Waals surface area contributed by atoms with Crippen LogP contribution in [0.25, 0.3) is 0 Å². The van der Waals surface area contributed by atoms with Crippen molar-refractivity contribution in [2.45, 2.75) is 57.9 Å². The predicted molar refractivity (Wildman–Crippen MR) is 137 cm³/mol. The van der Waals surface area contributed by atoms with E-state index in [4.69, 9.17) is 0 Å². The molecular formula is C29H37N3O3. The lowest BCUT2D eigenvalue weighted by Crippen LogP contribution is -2.55. The Morgan fingerprint density at radius 3 is 2.29 bits per heavy atom. The molecule has 1 atom stereocenters. The summed E-state index contributed by atoms with van der Waals surface area (Å²) in [6.07, 6.45) is 5.84. The molecule has 0 unspecified atom stereocenters. The van der Waals surface area contributed by atoms with Gasteiger partial charge in [0.1, 0.15) is 6.04 Å². The maximum absolute atomic E-state index is 13.5. The molecule has 4 rings (SSSR count). The van der Waals surface area contributed by atoms with E-state index in [0.717, 1.165) is 57.2 Å². The van der Waals surface area contributed by atoms with Crippen LogP contribution in [0.15, 0.2) is 54.6 Å². The van der Waals surface area contributed by atoms with Crippen LogP contribution < -0.4 is 5.32 Å². The summed E-state index contributed by atoms with van der Waals surface area (Å²) in [5, 5.41) is 3.08. The Morgan fingerprint density at radius 1 is 0.886 bits per heavy atom. The predicted octanol–water partition coefficient (Wildman–Crippen LogP) is 3.98. The molecule has 2 fully saturated rings.